The number of rotatable bonds is 10. The molecule has 0 amide bonds. The van der Waals surface area contributed by atoms with Gasteiger partial charge in [-0.2, -0.15) is 0 Å². The van der Waals surface area contributed by atoms with Crippen LogP contribution in [-0.4, -0.2) is 37.1 Å². The molecule has 1 unspecified atom stereocenters. The summed E-state index contributed by atoms with van der Waals surface area (Å²) in [4.78, 5) is 2.77. The molecule has 1 N–H and O–H groups in total. The van der Waals surface area contributed by atoms with Gasteiger partial charge in [0, 0.05) is 6.04 Å². The fourth-order valence-electron chi connectivity index (χ4n) is 3.06. The molecule has 1 saturated heterocycles. The van der Waals surface area contributed by atoms with Gasteiger partial charge in [0.25, 0.3) is 0 Å². The molecule has 0 saturated carbocycles. The van der Waals surface area contributed by atoms with Gasteiger partial charge in [0.1, 0.15) is 0 Å². The normalized spacial score (nSPS) is 21.3. The van der Waals surface area contributed by atoms with E-state index in [0.717, 1.165) is 6.04 Å². The minimum Gasteiger partial charge on any atom is -0.317 e. The third-order valence-electron chi connectivity index (χ3n) is 4.10. The average molecular weight is 254 g/mol. The predicted octanol–water partition coefficient (Wildman–Crippen LogP) is 3.81. The lowest BCUT2D eigenvalue weighted by Crippen LogP contribution is -2.39. The van der Waals surface area contributed by atoms with E-state index in [1.54, 1.807) is 0 Å². The van der Waals surface area contributed by atoms with Crippen LogP contribution in [0, 0.1) is 0 Å². The molecule has 2 nitrogen and oxygen atoms in total. The third kappa shape index (κ3) is 6.75. The molecule has 0 bridgehead atoms. The van der Waals surface area contributed by atoms with E-state index in [0.29, 0.717) is 0 Å². The number of hydrogen-bond donors (Lipinski definition) is 1. The second-order valence-corrected chi connectivity index (χ2v) is 5.78. The van der Waals surface area contributed by atoms with Crippen LogP contribution in [0.1, 0.15) is 71.6 Å². The largest absolute Gasteiger partial charge is 0.317 e. The summed E-state index contributed by atoms with van der Waals surface area (Å²) in [5, 5.41) is 3.49. The number of likely N-dealkylation sites (tertiary alicyclic amines) is 1. The van der Waals surface area contributed by atoms with E-state index in [2.05, 4.69) is 24.1 Å². The highest BCUT2D eigenvalue weighted by molar-refractivity contribution is 4.76. The molecule has 1 aliphatic rings. The number of nitrogens with one attached hydrogen (secondary N) is 1. The van der Waals surface area contributed by atoms with Gasteiger partial charge in [-0.3, -0.25) is 0 Å². The first-order valence-corrected chi connectivity index (χ1v) is 8.33. The molecule has 2 heteroatoms. The highest BCUT2D eigenvalue weighted by Gasteiger charge is 2.20. The summed E-state index contributed by atoms with van der Waals surface area (Å²) >= 11 is 0. The van der Waals surface area contributed by atoms with Crippen LogP contribution < -0.4 is 5.32 Å². The first-order chi connectivity index (χ1) is 8.88. The summed E-state index contributed by atoms with van der Waals surface area (Å²) in [7, 11) is 0. The number of nitrogens with zero attached hydrogens (tertiary/aromatic N) is 1. The zero-order valence-corrected chi connectivity index (χ0v) is 12.7. The smallest absolute Gasteiger partial charge is 0.00951 e. The summed E-state index contributed by atoms with van der Waals surface area (Å²) < 4.78 is 0. The van der Waals surface area contributed by atoms with Crippen molar-refractivity contribution in [2.45, 2.75) is 77.7 Å². The van der Waals surface area contributed by atoms with Crippen molar-refractivity contribution in [3.05, 3.63) is 0 Å². The lowest BCUT2D eigenvalue weighted by atomic mass is 9.98. The van der Waals surface area contributed by atoms with Gasteiger partial charge in [-0.15, -0.1) is 0 Å². The maximum Gasteiger partial charge on any atom is 0.00951 e. The van der Waals surface area contributed by atoms with Crippen LogP contribution in [0.3, 0.4) is 0 Å². The van der Waals surface area contributed by atoms with Gasteiger partial charge >= 0.3 is 0 Å². The summed E-state index contributed by atoms with van der Waals surface area (Å²) in [6.07, 6.45) is 12.5. The van der Waals surface area contributed by atoms with Crippen molar-refractivity contribution in [1.82, 2.24) is 10.2 Å². The van der Waals surface area contributed by atoms with Crippen LogP contribution in [0.4, 0.5) is 0 Å². The van der Waals surface area contributed by atoms with Crippen LogP contribution in [0.2, 0.25) is 0 Å². The fourth-order valence-corrected chi connectivity index (χ4v) is 3.06. The van der Waals surface area contributed by atoms with Gasteiger partial charge in [-0.25, -0.2) is 0 Å². The van der Waals surface area contributed by atoms with Crippen molar-refractivity contribution in [2.24, 2.45) is 0 Å². The van der Waals surface area contributed by atoms with Crippen LogP contribution in [0.15, 0.2) is 0 Å². The summed E-state index contributed by atoms with van der Waals surface area (Å²) in [5.41, 5.74) is 0. The van der Waals surface area contributed by atoms with E-state index in [4.69, 9.17) is 0 Å². The van der Waals surface area contributed by atoms with Crippen LogP contribution in [0.5, 0.6) is 0 Å². The van der Waals surface area contributed by atoms with Gasteiger partial charge in [0.15, 0.2) is 0 Å². The number of unbranched alkanes of at least 4 members (excludes halogenated alkanes) is 2. The van der Waals surface area contributed by atoms with Gasteiger partial charge in [-0.05, 0) is 64.7 Å². The third-order valence-corrected chi connectivity index (χ3v) is 4.10. The first kappa shape index (κ1) is 16.0. The number of hydrogen-bond acceptors (Lipinski definition) is 2. The zero-order valence-electron chi connectivity index (χ0n) is 12.7. The molecular weight excluding hydrogens is 220 g/mol. The Morgan fingerprint density at radius 2 is 1.89 bits per heavy atom. The molecule has 0 aromatic rings. The van der Waals surface area contributed by atoms with Crippen molar-refractivity contribution in [3.8, 4) is 0 Å². The second kappa shape index (κ2) is 10.8. The maximum atomic E-state index is 3.49. The molecule has 0 radical (unpaired) electrons. The first-order valence-electron chi connectivity index (χ1n) is 8.33. The maximum absolute atomic E-state index is 3.49. The van der Waals surface area contributed by atoms with E-state index in [-0.39, 0.29) is 0 Å². The highest BCUT2D eigenvalue weighted by Crippen LogP contribution is 2.21. The molecule has 18 heavy (non-hydrogen) atoms. The SMILES string of the molecule is CCCNCCCCCN1CCCCC1CCC. The van der Waals surface area contributed by atoms with Gasteiger partial charge in [0.2, 0.25) is 0 Å². The minimum atomic E-state index is 0.905. The standard InChI is InChI=1S/C16H34N2/c1-3-10-16-11-6-9-15-18(16)14-8-5-7-13-17-12-4-2/h16-17H,3-15H2,1-2H3. The molecular formula is C16H34N2. The summed E-state index contributed by atoms with van der Waals surface area (Å²) in [6, 6.07) is 0.905. The average Bonchev–Trinajstić information content (AvgIpc) is 2.40. The fraction of sp³-hybridized carbons (Fsp3) is 1.00. The Morgan fingerprint density at radius 3 is 2.67 bits per heavy atom. The molecule has 1 rings (SSSR count). The van der Waals surface area contributed by atoms with Crippen molar-refractivity contribution in [3.63, 3.8) is 0 Å². The Bertz CT molecular complexity index is 180. The highest BCUT2D eigenvalue weighted by atomic mass is 15.2. The summed E-state index contributed by atoms with van der Waals surface area (Å²) in [5.74, 6) is 0. The molecule has 1 aliphatic heterocycles. The van der Waals surface area contributed by atoms with Crippen molar-refractivity contribution in [1.29, 1.82) is 0 Å². The Morgan fingerprint density at radius 1 is 1.00 bits per heavy atom. The zero-order chi connectivity index (χ0) is 13.1. The van der Waals surface area contributed by atoms with Crippen LogP contribution in [-0.2, 0) is 0 Å². The molecule has 0 aromatic carbocycles. The number of piperidine rings is 1. The van der Waals surface area contributed by atoms with E-state index in [1.807, 2.05) is 0 Å². The Hall–Kier alpha value is -0.0800. The Labute approximate surface area is 115 Å². The molecule has 0 aliphatic carbocycles. The second-order valence-electron chi connectivity index (χ2n) is 5.78. The molecule has 0 spiro atoms. The van der Waals surface area contributed by atoms with Crippen molar-refractivity contribution < 1.29 is 0 Å². The topological polar surface area (TPSA) is 15.3 Å². The summed E-state index contributed by atoms with van der Waals surface area (Å²) in [6.45, 7) is 9.66. The molecule has 108 valence electrons. The Kier molecular flexibility index (Phi) is 9.59. The van der Waals surface area contributed by atoms with Crippen molar-refractivity contribution >= 4 is 0 Å². The molecule has 0 aromatic heterocycles. The van der Waals surface area contributed by atoms with Crippen LogP contribution in [0.25, 0.3) is 0 Å². The lowest BCUT2D eigenvalue weighted by Gasteiger charge is -2.35. The lowest BCUT2D eigenvalue weighted by molar-refractivity contribution is 0.137. The molecule has 1 heterocycles. The monoisotopic (exact) mass is 254 g/mol. The van der Waals surface area contributed by atoms with E-state index < -0.39 is 0 Å². The molecule has 1 fully saturated rings. The van der Waals surface area contributed by atoms with Gasteiger partial charge in [-0.1, -0.05) is 33.1 Å². The predicted molar refractivity (Wildman–Crippen MR) is 81.1 cm³/mol. The van der Waals surface area contributed by atoms with E-state index in [9.17, 15) is 0 Å². The van der Waals surface area contributed by atoms with E-state index in [1.165, 1.54) is 84.0 Å². The minimum absolute atomic E-state index is 0.905. The van der Waals surface area contributed by atoms with Crippen LogP contribution >= 0.6 is 0 Å². The quantitative estimate of drug-likeness (QED) is 0.596. The van der Waals surface area contributed by atoms with Crippen molar-refractivity contribution in [2.75, 3.05) is 26.2 Å². The van der Waals surface area contributed by atoms with Gasteiger partial charge in [0.05, 0.1) is 0 Å². The van der Waals surface area contributed by atoms with Gasteiger partial charge < -0.3 is 10.2 Å². The molecule has 1 atom stereocenters. The van der Waals surface area contributed by atoms with E-state index >= 15 is 0 Å². The Balaban J connectivity index is 2.02.